The van der Waals surface area contributed by atoms with E-state index in [0.29, 0.717) is 0 Å². The molecule has 0 aromatic heterocycles. The average molecular weight is 603 g/mol. The average Bonchev–Trinajstić information content (AvgIpc) is 2.99. The first-order chi connectivity index (χ1) is 19.4. The summed E-state index contributed by atoms with van der Waals surface area (Å²) in [6.45, 7) is 7.87. The van der Waals surface area contributed by atoms with E-state index in [1.807, 2.05) is 0 Å². The predicted octanol–water partition coefficient (Wildman–Crippen LogP) is 6.87. The lowest BCUT2D eigenvalue weighted by Crippen LogP contribution is -2.74. The highest BCUT2D eigenvalue weighted by Gasteiger charge is 2.41. The molecule has 1 nitrogen and oxygen atoms in total. The number of benzene rings is 5. The first kappa shape index (κ1) is 26.8. The summed E-state index contributed by atoms with van der Waals surface area (Å²) in [5.74, 6) is 0. The molecule has 1 aliphatic rings. The molecule has 0 spiro atoms. The van der Waals surface area contributed by atoms with Gasteiger partial charge in [-0.1, -0.05) is 131 Å². The van der Waals surface area contributed by atoms with E-state index in [2.05, 4.69) is 169 Å². The zero-order chi connectivity index (χ0) is 27.7. The second kappa shape index (κ2) is 10.9. The summed E-state index contributed by atoms with van der Waals surface area (Å²) in [7, 11) is -2.49. The van der Waals surface area contributed by atoms with E-state index in [9.17, 15) is 0 Å². The predicted molar refractivity (Wildman–Crippen MR) is 178 cm³/mol. The molecule has 0 atom stereocenters. The van der Waals surface area contributed by atoms with Crippen molar-refractivity contribution in [2.24, 2.45) is 0 Å². The summed E-state index contributed by atoms with van der Waals surface area (Å²) in [6, 6.07) is 47.7. The van der Waals surface area contributed by atoms with Crippen LogP contribution >= 0.6 is 15.9 Å². The Hall–Kier alpha value is -3.40. The van der Waals surface area contributed by atoms with Crippen LogP contribution in [0.3, 0.4) is 0 Å². The van der Waals surface area contributed by atoms with Crippen LogP contribution < -0.4 is 25.6 Å². The molecule has 0 amide bonds. The van der Waals surface area contributed by atoms with Crippen LogP contribution in [0.4, 0.5) is 5.69 Å². The molecular weight excluding hydrogens is 566 g/mol. The number of aryl methyl sites for hydroxylation is 2. The van der Waals surface area contributed by atoms with Gasteiger partial charge in [0.05, 0.1) is 0 Å². The molecule has 0 aliphatic carbocycles. The van der Waals surface area contributed by atoms with Crippen molar-refractivity contribution in [1.29, 1.82) is 0 Å². The number of fused-ring (bicyclic) bond motifs is 1. The first-order valence-corrected chi connectivity index (χ1v) is 17.0. The highest BCUT2D eigenvalue weighted by molar-refractivity contribution is 9.10. The van der Waals surface area contributed by atoms with Crippen molar-refractivity contribution in [2.75, 3.05) is 4.90 Å². The molecule has 1 aliphatic heterocycles. The minimum absolute atomic E-state index is 0.0998. The zero-order valence-electron chi connectivity index (χ0n) is 23.6. The monoisotopic (exact) mass is 601 g/mol. The minimum atomic E-state index is -2.49. The summed E-state index contributed by atoms with van der Waals surface area (Å²) >= 11 is 3.76. The van der Waals surface area contributed by atoms with Crippen molar-refractivity contribution in [1.82, 2.24) is 0 Å². The second-order valence-electron chi connectivity index (χ2n) is 11.7. The van der Waals surface area contributed by atoms with Gasteiger partial charge in [0, 0.05) is 22.2 Å². The number of halogens is 1. The number of nitrogens with zero attached hydrogens (tertiary/aromatic N) is 1. The van der Waals surface area contributed by atoms with Crippen LogP contribution in [0.25, 0.3) is 0 Å². The van der Waals surface area contributed by atoms with Crippen LogP contribution in [0.5, 0.6) is 0 Å². The quantitative estimate of drug-likeness (QED) is 0.152. The fraction of sp³-hybridized carbons (Fsp3) is 0.189. The third-order valence-corrected chi connectivity index (χ3v) is 14.4. The van der Waals surface area contributed by atoms with Gasteiger partial charge in [0.2, 0.25) is 0 Å². The van der Waals surface area contributed by atoms with E-state index in [1.165, 1.54) is 47.6 Å². The maximum atomic E-state index is 3.76. The molecule has 0 saturated carbocycles. The van der Waals surface area contributed by atoms with E-state index in [4.69, 9.17) is 0 Å². The third-order valence-electron chi connectivity index (χ3n) is 8.74. The number of hydrogen-bond donors (Lipinski definition) is 0. The van der Waals surface area contributed by atoms with Crippen LogP contribution in [0.2, 0.25) is 0 Å². The largest absolute Gasteiger partial charge is 0.362 e. The van der Waals surface area contributed by atoms with Crippen molar-refractivity contribution in [3.05, 3.63) is 149 Å². The first-order valence-electron chi connectivity index (χ1n) is 14.2. The third kappa shape index (κ3) is 4.76. The summed E-state index contributed by atoms with van der Waals surface area (Å²) in [6.07, 6.45) is 2.27. The van der Waals surface area contributed by atoms with Gasteiger partial charge >= 0.3 is 0 Å². The lowest BCUT2D eigenvalue weighted by atomic mass is 9.86. The van der Waals surface area contributed by atoms with Gasteiger partial charge in [-0.05, 0) is 83.2 Å². The Morgan fingerprint density at radius 3 is 1.65 bits per heavy atom. The summed E-state index contributed by atoms with van der Waals surface area (Å²) < 4.78 is 1.21. The topological polar surface area (TPSA) is 3.24 Å². The molecule has 1 heterocycles. The number of rotatable bonds is 6. The van der Waals surface area contributed by atoms with Gasteiger partial charge in [0.25, 0.3) is 0 Å². The van der Waals surface area contributed by atoms with Gasteiger partial charge in [0.15, 0.2) is 8.07 Å². The molecule has 40 heavy (non-hydrogen) atoms. The Morgan fingerprint density at radius 1 is 0.675 bits per heavy atom. The Bertz CT molecular complexity index is 1500. The smallest absolute Gasteiger partial charge is 0.179 e. The van der Waals surface area contributed by atoms with Gasteiger partial charge in [0.1, 0.15) is 0 Å². The molecular formula is C37H36BrNSi. The summed E-state index contributed by atoms with van der Waals surface area (Å²) in [4.78, 5) is 2.62. The molecule has 5 aromatic carbocycles. The van der Waals surface area contributed by atoms with Gasteiger partial charge in [-0.15, -0.1) is 0 Å². The molecule has 0 N–H and O–H groups in total. The van der Waals surface area contributed by atoms with Crippen molar-refractivity contribution >= 4 is 50.4 Å². The van der Waals surface area contributed by atoms with Crippen molar-refractivity contribution < 1.29 is 0 Å². The molecule has 6 rings (SSSR count). The lowest BCUT2D eigenvalue weighted by Gasteiger charge is -2.45. The maximum Gasteiger partial charge on any atom is 0.179 e. The minimum Gasteiger partial charge on any atom is -0.362 e. The second-order valence-corrected chi connectivity index (χ2v) is 16.3. The molecule has 0 bridgehead atoms. The highest BCUT2D eigenvalue weighted by Crippen LogP contribution is 2.40. The normalized spacial score (nSPS) is 14.6. The van der Waals surface area contributed by atoms with Crippen molar-refractivity contribution in [2.45, 2.75) is 45.7 Å². The fourth-order valence-electron chi connectivity index (χ4n) is 6.47. The van der Waals surface area contributed by atoms with Gasteiger partial charge in [-0.25, -0.2) is 0 Å². The molecule has 0 unspecified atom stereocenters. The van der Waals surface area contributed by atoms with E-state index in [0.717, 1.165) is 19.4 Å². The molecule has 0 radical (unpaired) electrons. The fourth-order valence-corrected chi connectivity index (χ4v) is 11.6. The Labute approximate surface area is 248 Å². The lowest BCUT2D eigenvalue weighted by molar-refractivity contribution is 0.406. The molecule has 0 fully saturated rings. The van der Waals surface area contributed by atoms with E-state index in [1.54, 1.807) is 0 Å². The van der Waals surface area contributed by atoms with Gasteiger partial charge in [-0.2, -0.15) is 0 Å². The van der Waals surface area contributed by atoms with E-state index in [-0.39, 0.29) is 5.54 Å². The molecule has 5 aromatic rings. The molecule has 200 valence electrons. The summed E-state index contributed by atoms with van der Waals surface area (Å²) in [5, 5.41) is 5.64. The van der Waals surface area contributed by atoms with E-state index < -0.39 is 8.07 Å². The Kier molecular flexibility index (Phi) is 7.29. The maximum absolute atomic E-state index is 3.76. The molecule has 3 heteroatoms. The van der Waals surface area contributed by atoms with Crippen LogP contribution in [0.1, 0.15) is 37.0 Å². The highest BCUT2D eigenvalue weighted by atomic mass is 79.9. The van der Waals surface area contributed by atoms with Gasteiger partial charge < -0.3 is 4.90 Å². The van der Waals surface area contributed by atoms with Crippen LogP contribution in [0.15, 0.2) is 132 Å². The van der Waals surface area contributed by atoms with Gasteiger partial charge in [-0.3, -0.25) is 0 Å². The number of anilines is 1. The van der Waals surface area contributed by atoms with Crippen molar-refractivity contribution in [3.8, 4) is 0 Å². The Morgan fingerprint density at radius 2 is 1.15 bits per heavy atom. The van der Waals surface area contributed by atoms with Crippen LogP contribution in [-0.2, 0) is 13.0 Å². The Balaban J connectivity index is 1.46. The van der Waals surface area contributed by atoms with Crippen LogP contribution in [-0.4, -0.2) is 13.6 Å². The zero-order valence-corrected chi connectivity index (χ0v) is 26.2. The standard InChI is InChI=1S/C37H36BrNSi/c1-28-25-36-30(26-35(28)38)23-24-37(2,3)39(36)27-29-19-21-34(22-20-29)40(31-13-7-4-8-14-31,32-15-9-5-10-16-32)33-17-11-6-12-18-33/h4-22,25-26H,23-24,27H2,1-3H3. The van der Waals surface area contributed by atoms with Crippen molar-refractivity contribution in [3.63, 3.8) is 0 Å². The molecule has 0 saturated heterocycles. The SMILES string of the molecule is Cc1cc2c(cc1Br)CCC(C)(C)N2Cc1ccc([Si](c2ccccc2)(c2ccccc2)c2ccccc2)cc1. The van der Waals surface area contributed by atoms with E-state index >= 15 is 0 Å². The van der Waals surface area contributed by atoms with Crippen LogP contribution in [0, 0.1) is 6.92 Å². The summed E-state index contributed by atoms with van der Waals surface area (Å²) in [5.41, 5.74) is 5.56. The number of hydrogen-bond acceptors (Lipinski definition) is 1.